The van der Waals surface area contributed by atoms with Crippen molar-refractivity contribution in [2.45, 2.75) is 38.3 Å². The van der Waals surface area contributed by atoms with Gasteiger partial charge in [0.1, 0.15) is 0 Å². The Bertz CT molecular complexity index is 266. The minimum Gasteiger partial charge on any atom is -0.327 e. The third kappa shape index (κ3) is 1.14. The summed E-state index contributed by atoms with van der Waals surface area (Å²) in [6.07, 6.45) is 6.47. The fraction of sp³-hybridized carbons (Fsp3) is 0.667. The third-order valence-electron chi connectivity index (χ3n) is 2.73. The summed E-state index contributed by atoms with van der Waals surface area (Å²) >= 11 is 0. The highest BCUT2D eigenvalue weighted by molar-refractivity contribution is 5.17. The Labute approximate surface area is 72.6 Å². The van der Waals surface area contributed by atoms with Crippen molar-refractivity contribution >= 4 is 0 Å². The lowest BCUT2D eigenvalue weighted by molar-refractivity contribution is 0.346. The molecule has 12 heavy (non-hydrogen) atoms. The van der Waals surface area contributed by atoms with Gasteiger partial charge in [-0.3, -0.25) is 4.68 Å². The Kier molecular flexibility index (Phi) is 1.89. The molecule has 0 radical (unpaired) electrons. The predicted molar refractivity (Wildman–Crippen MR) is 47.9 cm³/mol. The van der Waals surface area contributed by atoms with Gasteiger partial charge in [0.2, 0.25) is 0 Å². The van der Waals surface area contributed by atoms with Crippen LogP contribution in [0.3, 0.4) is 0 Å². The SMILES string of the molecule is CCn1cc(C2CCC2N)cn1. The molecule has 1 aromatic heterocycles. The molecule has 0 amide bonds. The minimum absolute atomic E-state index is 0.375. The number of aromatic nitrogens is 2. The van der Waals surface area contributed by atoms with Crippen LogP contribution in [0, 0.1) is 0 Å². The van der Waals surface area contributed by atoms with E-state index >= 15 is 0 Å². The molecule has 1 heterocycles. The molecule has 66 valence electrons. The van der Waals surface area contributed by atoms with Crippen LogP contribution in [0.15, 0.2) is 12.4 Å². The number of hydrogen-bond acceptors (Lipinski definition) is 2. The van der Waals surface area contributed by atoms with E-state index in [1.54, 1.807) is 0 Å². The van der Waals surface area contributed by atoms with E-state index in [0.717, 1.165) is 6.54 Å². The van der Waals surface area contributed by atoms with Crippen molar-refractivity contribution in [3.05, 3.63) is 18.0 Å². The zero-order chi connectivity index (χ0) is 8.55. The van der Waals surface area contributed by atoms with Gasteiger partial charge in [-0.1, -0.05) is 0 Å². The van der Waals surface area contributed by atoms with E-state index in [1.165, 1.54) is 18.4 Å². The fourth-order valence-corrected chi connectivity index (χ4v) is 1.68. The Balaban J connectivity index is 2.12. The summed E-state index contributed by atoms with van der Waals surface area (Å²) in [7, 11) is 0. The van der Waals surface area contributed by atoms with Crippen molar-refractivity contribution in [1.82, 2.24) is 9.78 Å². The average molecular weight is 165 g/mol. The highest BCUT2D eigenvalue weighted by atomic mass is 15.3. The normalized spacial score (nSPS) is 28.5. The molecule has 2 rings (SSSR count). The monoisotopic (exact) mass is 165 g/mol. The summed E-state index contributed by atoms with van der Waals surface area (Å²) in [4.78, 5) is 0. The third-order valence-corrected chi connectivity index (χ3v) is 2.73. The van der Waals surface area contributed by atoms with Crippen LogP contribution in [0.1, 0.15) is 31.2 Å². The molecule has 1 aliphatic rings. The zero-order valence-electron chi connectivity index (χ0n) is 7.40. The van der Waals surface area contributed by atoms with Gasteiger partial charge in [-0.25, -0.2) is 0 Å². The lowest BCUT2D eigenvalue weighted by Gasteiger charge is -2.32. The number of nitrogens with two attached hydrogens (primary N) is 1. The van der Waals surface area contributed by atoms with Crippen molar-refractivity contribution < 1.29 is 0 Å². The lowest BCUT2D eigenvalue weighted by atomic mass is 9.77. The lowest BCUT2D eigenvalue weighted by Crippen LogP contribution is -2.37. The van der Waals surface area contributed by atoms with Gasteiger partial charge in [0, 0.05) is 24.7 Å². The second-order valence-corrected chi connectivity index (χ2v) is 3.48. The van der Waals surface area contributed by atoms with Gasteiger partial charge in [-0.2, -0.15) is 5.10 Å². The summed E-state index contributed by atoms with van der Waals surface area (Å²) in [6.45, 7) is 3.04. The predicted octanol–water partition coefficient (Wildman–Crippen LogP) is 1.11. The molecular weight excluding hydrogens is 150 g/mol. The molecule has 0 aromatic carbocycles. The van der Waals surface area contributed by atoms with Crippen LogP contribution in [0.5, 0.6) is 0 Å². The highest BCUT2D eigenvalue weighted by Crippen LogP contribution is 2.34. The van der Waals surface area contributed by atoms with Gasteiger partial charge >= 0.3 is 0 Å². The molecule has 3 heteroatoms. The summed E-state index contributed by atoms with van der Waals surface area (Å²) < 4.78 is 1.96. The topological polar surface area (TPSA) is 43.8 Å². The van der Waals surface area contributed by atoms with Crippen LogP contribution in [-0.2, 0) is 6.54 Å². The van der Waals surface area contributed by atoms with E-state index in [1.807, 2.05) is 10.9 Å². The molecule has 1 fully saturated rings. The van der Waals surface area contributed by atoms with Crippen LogP contribution in [-0.4, -0.2) is 15.8 Å². The van der Waals surface area contributed by atoms with Crippen molar-refractivity contribution in [3.63, 3.8) is 0 Å². The summed E-state index contributed by atoms with van der Waals surface area (Å²) in [6, 6.07) is 0.375. The van der Waals surface area contributed by atoms with Gasteiger partial charge in [0.05, 0.1) is 6.20 Å². The Hall–Kier alpha value is -0.830. The molecule has 1 saturated carbocycles. The van der Waals surface area contributed by atoms with E-state index < -0.39 is 0 Å². The van der Waals surface area contributed by atoms with Crippen LogP contribution >= 0.6 is 0 Å². The first-order chi connectivity index (χ1) is 5.81. The molecule has 2 N–H and O–H groups in total. The van der Waals surface area contributed by atoms with Gasteiger partial charge < -0.3 is 5.73 Å². The quantitative estimate of drug-likeness (QED) is 0.713. The average Bonchev–Trinajstić information content (AvgIpc) is 2.50. The smallest absolute Gasteiger partial charge is 0.0525 e. The number of nitrogens with zero attached hydrogens (tertiary/aromatic N) is 2. The summed E-state index contributed by atoms with van der Waals surface area (Å²) in [5, 5.41) is 4.23. The standard InChI is InChI=1S/C9H15N3/c1-2-12-6-7(5-11-12)8-3-4-9(8)10/h5-6,8-9H,2-4,10H2,1H3. The van der Waals surface area contributed by atoms with Crippen molar-refractivity contribution in [1.29, 1.82) is 0 Å². The van der Waals surface area contributed by atoms with Crippen molar-refractivity contribution in [2.75, 3.05) is 0 Å². The molecule has 3 nitrogen and oxygen atoms in total. The van der Waals surface area contributed by atoms with E-state index in [9.17, 15) is 0 Å². The van der Waals surface area contributed by atoms with Crippen LogP contribution < -0.4 is 5.73 Å². The molecule has 1 aliphatic carbocycles. The molecule has 2 unspecified atom stereocenters. The highest BCUT2D eigenvalue weighted by Gasteiger charge is 2.29. The molecule has 0 spiro atoms. The van der Waals surface area contributed by atoms with E-state index in [-0.39, 0.29) is 0 Å². The zero-order valence-corrected chi connectivity index (χ0v) is 7.40. The Morgan fingerprint density at radius 1 is 1.67 bits per heavy atom. The number of aryl methyl sites for hydroxylation is 1. The first-order valence-electron chi connectivity index (χ1n) is 4.59. The van der Waals surface area contributed by atoms with Gasteiger partial charge in [0.15, 0.2) is 0 Å². The largest absolute Gasteiger partial charge is 0.327 e. The van der Waals surface area contributed by atoms with Gasteiger partial charge in [-0.15, -0.1) is 0 Å². The van der Waals surface area contributed by atoms with Crippen molar-refractivity contribution in [2.24, 2.45) is 5.73 Å². The Morgan fingerprint density at radius 3 is 2.92 bits per heavy atom. The van der Waals surface area contributed by atoms with E-state index in [4.69, 9.17) is 5.73 Å². The maximum absolute atomic E-state index is 5.87. The fourth-order valence-electron chi connectivity index (χ4n) is 1.68. The van der Waals surface area contributed by atoms with E-state index in [2.05, 4.69) is 18.2 Å². The molecule has 0 bridgehead atoms. The van der Waals surface area contributed by atoms with Gasteiger partial charge in [-0.05, 0) is 25.3 Å². The van der Waals surface area contributed by atoms with E-state index in [0.29, 0.717) is 12.0 Å². The number of rotatable bonds is 2. The maximum atomic E-state index is 5.87. The Morgan fingerprint density at radius 2 is 2.50 bits per heavy atom. The summed E-state index contributed by atoms with van der Waals surface area (Å²) in [5.74, 6) is 0.574. The maximum Gasteiger partial charge on any atom is 0.0525 e. The first kappa shape index (κ1) is 7.80. The van der Waals surface area contributed by atoms with Crippen LogP contribution in [0.4, 0.5) is 0 Å². The molecule has 0 aliphatic heterocycles. The first-order valence-corrected chi connectivity index (χ1v) is 4.59. The number of hydrogen-bond donors (Lipinski definition) is 1. The second-order valence-electron chi connectivity index (χ2n) is 3.48. The van der Waals surface area contributed by atoms with Crippen LogP contribution in [0.2, 0.25) is 0 Å². The van der Waals surface area contributed by atoms with Crippen molar-refractivity contribution in [3.8, 4) is 0 Å². The summed E-state index contributed by atoms with van der Waals surface area (Å²) in [5.41, 5.74) is 7.18. The minimum atomic E-state index is 0.375. The second kappa shape index (κ2) is 2.90. The molecule has 2 atom stereocenters. The van der Waals surface area contributed by atoms with Crippen LogP contribution in [0.25, 0.3) is 0 Å². The molecule has 0 saturated heterocycles. The molecule has 1 aromatic rings. The molecular formula is C9H15N3. The van der Waals surface area contributed by atoms with Gasteiger partial charge in [0.25, 0.3) is 0 Å².